The molecule has 0 radical (unpaired) electrons. The summed E-state index contributed by atoms with van der Waals surface area (Å²) in [5, 5.41) is 0. The van der Waals surface area contributed by atoms with Crippen LogP contribution in [0, 0.1) is 5.82 Å². The van der Waals surface area contributed by atoms with Gasteiger partial charge in [0.05, 0.1) is 17.7 Å². The number of para-hydroxylation sites is 2. The lowest BCUT2D eigenvalue weighted by molar-refractivity contribution is 0.0535. The van der Waals surface area contributed by atoms with Crippen LogP contribution in [0.5, 0.6) is 5.75 Å². The molecular formula is C25H24FN3O5S. The lowest BCUT2D eigenvalue weighted by Crippen LogP contribution is -2.50. The number of nitrogens with zero attached hydrogens (tertiary/aromatic N) is 2. The minimum atomic E-state index is -3.88. The fourth-order valence-electron chi connectivity index (χ4n) is 3.78. The molecule has 1 aliphatic rings. The van der Waals surface area contributed by atoms with Crippen molar-refractivity contribution in [3.63, 3.8) is 0 Å². The van der Waals surface area contributed by atoms with E-state index in [1.54, 1.807) is 34.1 Å². The summed E-state index contributed by atoms with van der Waals surface area (Å²) in [5.41, 5.74) is 1.05. The minimum Gasteiger partial charge on any atom is -0.495 e. The van der Waals surface area contributed by atoms with Crippen molar-refractivity contribution in [3.05, 3.63) is 89.7 Å². The Labute approximate surface area is 203 Å². The third-order valence-electron chi connectivity index (χ3n) is 5.71. The third kappa shape index (κ3) is 5.43. The van der Waals surface area contributed by atoms with Gasteiger partial charge in [-0.05, 0) is 60.7 Å². The van der Waals surface area contributed by atoms with Crippen LogP contribution in [0.3, 0.4) is 0 Å². The number of amides is 2. The Balaban J connectivity index is 1.38. The number of piperazine rings is 1. The Morgan fingerprint density at radius 3 is 1.80 bits per heavy atom. The maximum Gasteiger partial charge on any atom is 0.262 e. The molecule has 0 unspecified atom stereocenters. The minimum absolute atomic E-state index is 0.00895. The second kappa shape index (κ2) is 10.1. The van der Waals surface area contributed by atoms with Crippen molar-refractivity contribution in [3.8, 4) is 5.75 Å². The van der Waals surface area contributed by atoms with Gasteiger partial charge in [0.2, 0.25) is 0 Å². The van der Waals surface area contributed by atoms with E-state index in [4.69, 9.17) is 4.74 Å². The molecule has 1 N–H and O–H groups in total. The van der Waals surface area contributed by atoms with Gasteiger partial charge in [-0.15, -0.1) is 0 Å². The number of methoxy groups -OCH3 is 1. The van der Waals surface area contributed by atoms with Crippen LogP contribution in [0.4, 0.5) is 10.1 Å². The number of ether oxygens (including phenoxy) is 1. The second-order valence-corrected chi connectivity index (χ2v) is 9.60. The van der Waals surface area contributed by atoms with Crippen LogP contribution in [0.25, 0.3) is 0 Å². The molecule has 4 rings (SSSR count). The number of anilines is 1. The molecule has 1 saturated heterocycles. The lowest BCUT2D eigenvalue weighted by Gasteiger charge is -2.35. The Morgan fingerprint density at radius 2 is 1.29 bits per heavy atom. The molecule has 35 heavy (non-hydrogen) atoms. The smallest absolute Gasteiger partial charge is 0.262 e. The number of hydrogen-bond acceptors (Lipinski definition) is 5. The van der Waals surface area contributed by atoms with Gasteiger partial charge < -0.3 is 14.5 Å². The molecule has 3 aromatic rings. The number of nitrogens with one attached hydrogen (secondary N) is 1. The van der Waals surface area contributed by atoms with Crippen LogP contribution in [-0.2, 0) is 10.0 Å². The summed E-state index contributed by atoms with van der Waals surface area (Å²) < 4.78 is 46.3. The van der Waals surface area contributed by atoms with Crippen molar-refractivity contribution in [1.82, 2.24) is 9.80 Å². The predicted octanol–water partition coefficient (Wildman–Crippen LogP) is 3.23. The van der Waals surface area contributed by atoms with E-state index in [0.29, 0.717) is 48.7 Å². The Bertz CT molecular complexity index is 1320. The molecule has 0 aliphatic carbocycles. The average molecular weight is 498 g/mol. The van der Waals surface area contributed by atoms with Gasteiger partial charge in [0, 0.05) is 37.3 Å². The van der Waals surface area contributed by atoms with E-state index in [1.807, 2.05) is 0 Å². The lowest BCUT2D eigenvalue weighted by atomic mass is 10.1. The number of halogens is 1. The van der Waals surface area contributed by atoms with E-state index in [0.717, 1.165) is 0 Å². The van der Waals surface area contributed by atoms with Crippen LogP contribution in [0.2, 0.25) is 0 Å². The standard InChI is InChI=1S/C25H24FN3O5S/c1-34-23-5-3-2-4-22(23)27-35(32,33)21-12-8-19(9-13-21)25(31)29-16-14-28(15-17-29)24(30)18-6-10-20(26)11-7-18/h2-13,27H,14-17H2,1H3. The highest BCUT2D eigenvalue weighted by Crippen LogP contribution is 2.26. The molecule has 0 spiro atoms. The van der Waals surface area contributed by atoms with Gasteiger partial charge in [-0.3, -0.25) is 14.3 Å². The first kappa shape index (κ1) is 24.2. The highest BCUT2D eigenvalue weighted by atomic mass is 32.2. The SMILES string of the molecule is COc1ccccc1NS(=O)(=O)c1ccc(C(=O)N2CCN(C(=O)c3ccc(F)cc3)CC2)cc1. The van der Waals surface area contributed by atoms with E-state index >= 15 is 0 Å². The van der Waals surface area contributed by atoms with Gasteiger partial charge in [-0.25, -0.2) is 12.8 Å². The first-order valence-corrected chi connectivity index (χ1v) is 12.4. The predicted molar refractivity (Wildman–Crippen MR) is 128 cm³/mol. The topological polar surface area (TPSA) is 96.0 Å². The summed E-state index contributed by atoms with van der Waals surface area (Å²) in [6, 6.07) is 17.7. The summed E-state index contributed by atoms with van der Waals surface area (Å²) in [4.78, 5) is 28.8. The molecule has 10 heteroatoms. The highest BCUT2D eigenvalue weighted by molar-refractivity contribution is 7.92. The first-order valence-electron chi connectivity index (χ1n) is 10.9. The average Bonchev–Trinajstić information content (AvgIpc) is 2.88. The van der Waals surface area contributed by atoms with Crippen LogP contribution in [-0.4, -0.2) is 63.3 Å². The highest BCUT2D eigenvalue weighted by Gasteiger charge is 2.26. The molecule has 0 aromatic heterocycles. The number of benzene rings is 3. The number of carbonyl (C=O) groups excluding carboxylic acids is 2. The summed E-state index contributed by atoms with van der Waals surface area (Å²) in [5.74, 6) is -0.485. The van der Waals surface area contributed by atoms with Crippen LogP contribution in [0.15, 0.2) is 77.7 Å². The van der Waals surface area contributed by atoms with Gasteiger partial charge in [0.25, 0.3) is 21.8 Å². The number of hydrogen-bond donors (Lipinski definition) is 1. The molecule has 0 bridgehead atoms. The van der Waals surface area contributed by atoms with Gasteiger partial charge >= 0.3 is 0 Å². The summed E-state index contributed by atoms with van der Waals surface area (Å²) in [6.07, 6.45) is 0. The van der Waals surface area contributed by atoms with E-state index < -0.39 is 15.8 Å². The Hall–Kier alpha value is -3.92. The van der Waals surface area contributed by atoms with Gasteiger partial charge in [0.1, 0.15) is 11.6 Å². The fourth-order valence-corrected chi connectivity index (χ4v) is 4.85. The Kier molecular flexibility index (Phi) is 7.02. The molecule has 182 valence electrons. The summed E-state index contributed by atoms with van der Waals surface area (Å²) >= 11 is 0. The zero-order valence-electron chi connectivity index (χ0n) is 19.0. The Morgan fingerprint density at radius 1 is 0.800 bits per heavy atom. The zero-order valence-corrected chi connectivity index (χ0v) is 19.8. The first-order chi connectivity index (χ1) is 16.8. The maximum absolute atomic E-state index is 13.1. The van der Waals surface area contributed by atoms with Gasteiger partial charge in [0.15, 0.2) is 0 Å². The van der Waals surface area contributed by atoms with Crippen molar-refractivity contribution in [2.45, 2.75) is 4.90 Å². The van der Waals surface area contributed by atoms with Crippen molar-refractivity contribution in [1.29, 1.82) is 0 Å². The van der Waals surface area contributed by atoms with E-state index in [1.165, 1.54) is 55.6 Å². The summed E-state index contributed by atoms with van der Waals surface area (Å²) in [6.45, 7) is 1.36. The molecular weight excluding hydrogens is 473 g/mol. The number of carbonyl (C=O) groups is 2. The molecule has 8 nitrogen and oxygen atoms in total. The number of rotatable bonds is 6. The molecule has 2 amide bonds. The number of sulfonamides is 1. The third-order valence-corrected chi connectivity index (χ3v) is 7.09. The normalized spacial score (nSPS) is 13.9. The van der Waals surface area contributed by atoms with Gasteiger partial charge in [-0.2, -0.15) is 0 Å². The molecule has 1 aliphatic heterocycles. The molecule has 1 fully saturated rings. The second-order valence-electron chi connectivity index (χ2n) is 7.92. The quantitative estimate of drug-likeness (QED) is 0.564. The van der Waals surface area contributed by atoms with Crippen molar-refractivity contribution < 1.29 is 27.1 Å². The zero-order chi connectivity index (χ0) is 25.0. The molecule has 0 atom stereocenters. The fraction of sp³-hybridized carbons (Fsp3) is 0.200. The van der Waals surface area contributed by atoms with E-state index in [-0.39, 0.29) is 16.7 Å². The van der Waals surface area contributed by atoms with Crippen molar-refractivity contribution >= 4 is 27.5 Å². The van der Waals surface area contributed by atoms with E-state index in [9.17, 15) is 22.4 Å². The van der Waals surface area contributed by atoms with Crippen LogP contribution in [0.1, 0.15) is 20.7 Å². The summed E-state index contributed by atoms with van der Waals surface area (Å²) in [7, 11) is -2.43. The maximum atomic E-state index is 13.1. The van der Waals surface area contributed by atoms with Crippen LogP contribution >= 0.6 is 0 Å². The van der Waals surface area contributed by atoms with Gasteiger partial charge in [-0.1, -0.05) is 12.1 Å². The molecule has 0 saturated carbocycles. The largest absolute Gasteiger partial charge is 0.495 e. The van der Waals surface area contributed by atoms with Crippen molar-refractivity contribution in [2.75, 3.05) is 38.0 Å². The molecule has 1 heterocycles. The van der Waals surface area contributed by atoms with Crippen molar-refractivity contribution in [2.24, 2.45) is 0 Å². The van der Waals surface area contributed by atoms with Crippen LogP contribution < -0.4 is 9.46 Å². The van der Waals surface area contributed by atoms with E-state index in [2.05, 4.69) is 4.72 Å². The monoisotopic (exact) mass is 497 g/mol. The molecule has 3 aromatic carbocycles.